The Bertz CT molecular complexity index is 589. The lowest BCUT2D eigenvalue weighted by atomic mass is 9.75. The Kier molecular flexibility index (Phi) is 4.76. The van der Waals surface area contributed by atoms with Gasteiger partial charge < -0.3 is 5.32 Å². The first kappa shape index (κ1) is 15.8. The van der Waals surface area contributed by atoms with Crippen molar-refractivity contribution in [1.29, 1.82) is 0 Å². The normalized spacial score (nSPS) is 18.7. The molecule has 0 aliphatic heterocycles. The Hall–Kier alpha value is -0.590. The number of hydrogen-bond donors (Lipinski definition) is 1. The molecule has 20 heavy (non-hydrogen) atoms. The summed E-state index contributed by atoms with van der Waals surface area (Å²) in [4.78, 5) is 13.0. The number of amides is 1. The summed E-state index contributed by atoms with van der Waals surface area (Å²) in [7, 11) is 1.60. The van der Waals surface area contributed by atoms with E-state index >= 15 is 0 Å². The van der Waals surface area contributed by atoms with E-state index in [1.165, 1.54) is 12.5 Å². The van der Waals surface area contributed by atoms with Crippen LogP contribution in [-0.2, 0) is 20.4 Å². The van der Waals surface area contributed by atoms with Gasteiger partial charge in [0, 0.05) is 21.0 Å². The van der Waals surface area contributed by atoms with Crippen LogP contribution >= 0.6 is 22.0 Å². The molecule has 4 nitrogen and oxygen atoms in total. The summed E-state index contributed by atoms with van der Waals surface area (Å²) in [5, 5.41) is 2.91. The van der Waals surface area contributed by atoms with Crippen LogP contribution in [-0.4, -0.2) is 14.3 Å². The maximum atomic E-state index is 12.2. The number of rotatable bonds is 4. The highest BCUT2D eigenvalue weighted by Crippen LogP contribution is 2.36. The fourth-order valence-electron chi connectivity index (χ4n) is 2.52. The van der Waals surface area contributed by atoms with E-state index in [9.17, 15) is 13.2 Å². The van der Waals surface area contributed by atoms with Crippen LogP contribution in [0.5, 0.6) is 0 Å². The third-order valence-electron chi connectivity index (χ3n) is 3.81. The second kappa shape index (κ2) is 6.03. The highest BCUT2D eigenvalue weighted by atomic mass is 35.7. The average molecular weight is 336 g/mol. The van der Waals surface area contributed by atoms with Gasteiger partial charge in [-0.15, -0.1) is 11.3 Å². The van der Waals surface area contributed by atoms with Gasteiger partial charge >= 0.3 is 0 Å². The third-order valence-corrected chi connectivity index (χ3v) is 6.98. The second-order valence-corrected chi connectivity index (χ2v) is 9.42. The summed E-state index contributed by atoms with van der Waals surface area (Å²) in [5.41, 5.74) is -0.281. The van der Waals surface area contributed by atoms with Crippen molar-refractivity contribution in [2.45, 2.75) is 49.8 Å². The number of thiophene rings is 1. The van der Waals surface area contributed by atoms with Crippen LogP contribution in [0.3, 0.4) is 0 Å². The van der Waals surface area contributed by atoms with Gasteiger partial charge in [-0.1, -0.05) is 26.2 Å². The van der Waals surface area contributed by atoms with Crippen LogP contribution in [0.4, 0.5) is 0 Å². The molecule has 1 aromatic heterocycles. The molecule has 0 aromatic carbocycles. The van der Waals surface area contributed by atoms with Crippen molar-refractivity contribution in [3.63, 3.8) is 0 Å². The monoisotopic (exact) mass is 335 g/mol. The topological polar surface area (TPSA) is 63.2 Å². The van der Waals surface area contributed by atoms with Crippen molar-refractivity contribution < 1.29 is 13.2 Å². The first-order chi connectivity index (χ1) is 9.31. The van der Waals surface area contributed by atoms with Crippen LogP contribution in [0, 0.1) is 5.41 Å². The minimum atomic E-state index is -3.68. The molecule has 1 saturated carbocycles. The molecule has 1 N–H and O–H groups in total. The van der Waals surface area contributed by atoms with Gasteiger partial charge in [0.25, 0.3) is 9.05 Å². The van der Waals surface area contributed by atoms with E-state index in [1.807, 2.05) is 6.92 Å². The highest BCUT2D eigenvalue weighted by Gasteiger charge is 2.34. The molecule has 0 spiro atoms. The maximum Gasteiger partial charge on any atom is 0.270 e. The molecule has 1 amide bonds. The largest absolute Gasteiger partial charge is 0.351 e. The molecule has 1 aliphatic carbocycles. The standard InChI is InChI=1S/C13H18ClNO3S2/c1-13(7-3-2-4-8-13)12(16)15-9-10-5-6-11(19-10)20(14,17)18/h5-6H,2-4,7-9H2,1H3,(H,15,16). The van der Waals surface area contributed by atoms with Gasteiger partial charge in [-0.2, -0.15) is 0 Å². The van der Waals surface area contributed by atoms with Crippen molar-refractivity contribution in [2.75, 3.05) is 0 Å². The SMILES string of the molecule is CC1(C(=O)NCc2ccc(S(=O)(=O)Cl)s2)CCCCC1. The Morgan fingerprint density at radius 1 is 1.35 bits per heavy atom. The summed E-state index contributed by atoms with van der Waals surface area (Å²) in [6, 6.07) is 3.15. The van der Waals surface area contributed by atoms with Crippen LogP contribution in [0.2, 0.25) is 0 Å². The van der Waals surface area contributed by atoms with E-state index in [0.29, 0.717) is 6.54 Å². The van der Waals surface area contributed by atoms with Gasteiger partial charge in [0.1, 0.15) is 4.21 Å². The van der Waals surface area contributed by atoms with E-state index in [1.54, 1.807) is 6.07 Å². The van der Waals surface area contributed by atoms with Crippen molar-refractivity contribution in [3.05, 3.63) is 17.0 Å². The first-order valence-electron chi connectivity index (χ1n) is 6.63. The van der Waals surface area contributed by atoms with Crippen molar-refractivity contribution in [2.24, 2.45) is 5.41 Å². The van der Waals surface area contributed by atoms with Crippen LogP contribution in [0.25, 0.3) is 0 Å². The van der Waals surface area contributed by atoms with Crippen LogP contribution in [0.1, 0.15) is 43.9 Å². The predicted molar refractivity (Wildman–Crippen MR) is 80.4 cm³/mol. The molecule has 0 unspecified atom stereocenters. The lowest BCUT2D eigenvalue weighted by Gasteiger charge is -2.31. The molecule has 7 heteroatoms. The molecule has 1 aromatic rings. The summed E-state index contributed by atoms with van der Waals surface area (Å²) in [5.74, 6) is 0.0564. The number of carbonyl (C=O) groups is 1. The Balaban J connectivity index is 1.95. The van der Waals surface area contributed by atoms with Crippen molar-refractivity contribution in [3.8, 4) is 0 Å². The van der Waals surface area contributed by atoms with Crippen LogP contribution in [0.15, 0.2) is 16.3 Å². The number of carbonyl (C=O) groups excluding carboxylic acids is 1. The Labute approximate surface area is 127 Å². The Morgan fingerprint density at radius 2 is 2.00 bits per heavy atom. The zero-order valence-corrected chi connectivity index (χ0v) is 13.7. The van der Waals surface area contributed by atoms with Crippen molar-refractivity contribution in [1.82, 2.24) is 5.32 Å². The van der Waals surface area contributed by atoms with E-state index in [2.05, 4.69) is 5.32 Å². The fraction of sp³-hybridized carbons (Fsp3) is 0.615. The summed E-state index contributed by atoms with van der Waals surface area (Å²) < 4.78 is 22.5. The molecule has 2 rings (SSSR count). The minimum absolute atomic E-state index is 0.0564. The van der Waals surface area contributed by atoms with Gasteiger partial charge in [0.15, 0.2) is 0 Å². The fourth-order valence-corrected chi connectivity index (χ4v) is 4.59. The molecule has 0 bridgehead atoms. The molecule has 0 radical (unpaired) electrons. The van der Waals surface area contributed by atoms with E-state index in [0.717, 1.165) is 41.9 Å². The van der Waals surface area contributed by atoms with Crippen LogP contribution < -0.4 is 5.32 Å². The van der Waals surface area contributed by atoms with Gasteiger partial charge in [-0.25, -0.2) is 8.42 Å². The lowest BCUT2D eigenvalue weighted by molar-refractivity contribution is -0.132. The smallest absolute Gasteiger partial charge is 0.270 e. The third kappa shape index (κ3) is 3.74. The summed E-state index contributed by atoms with van der Waals surface area (Å²) >= 11 is 1.09. The molecule has 1 fully saturated rings. The molecule has 112 valence electrons. The molecular weight excluding hydrogens is 318 g/mol. The van der Waals surface area contributed by atoms with Gasteiger partial charge in [0.05, 0.1) is 6.54 Å². The molecule has 0 atom stereocenters. The Morgan fingerprint density at radius 3 is 2.55 bits per heavy atom. The minimum Gasteiger partial charge on any atom is -0.351 e. The lowest BCUT2D eigenvalue weighted by Crippen LogP contribution is -2.39. The van der Waals surface area contributed by atoms with Gasteiger partial charge in [-0.3, -0.25) is 4.79 Å². The molecule has 1 heterocycles. The molecule has 1 aliphatic rings. The zero-order valence-electron chi connectivity index (χ0n) is 11.3. The van der Waals surface area contributed by atoms with Gasteiger partial charge in [-0.05, 0) is 25.0 Å². The second-order valence-electron chi connectivity index (χ2n) is 5.46. The zero-order chi connectivity index (χ0) is 14.8. The first-order valence-corrected chi connectivity index (χ1v) is 9.75. The summed E-state index contributed by atoms with van der Waals surface area (Å²) in [6.07, 6.45) is 5.23. The van der Waals surface area contributed by atoms with E-state index < -0.39 is 9.05 Å². The average Bonchev–Trinajstić information content (AvgIpc) is 2.85. The van der Waals surface area contributed by atoms with E-state index in [4.69, 9.17) is 10.7 Å². The maximum absolute atomic E-state index is 12.2. The van der Waals surface area contributed by atoms with E-state index in [-0.39, 0.29) is 15.5 Å². The van der Waals surface area contributed by atoms with Gasteiger partial charge in [0.2, 0.25) is 5.91 Å². The quantitative estimate of drug-likeness (QED) is 0.859. The number of halogens is 1. The highest BCUT2D eigenvalue weighted by molar-refractivity contribution is 8.15. The number of hydrogen-bond acceptors (Lipinski definition) is 4. The molecule has 0 saturated heterocycles. The predicted octanol–water partition coefficient (Wildman–Crippen LogP) is 3.26. The van der Waals surface area contributed by atoms with Crippen molar-refractivity contribution >= 4 is 37.0 Å². The molecular formula is C13H18ClNO3S2. The summed E-state index contributed by atoms with van der Waals surface area (Å²) in [6.45, 7) is 2.36. The number of nitrogens with one attached hydrogen (secondary N) is 1.